The zero-order chi connectivity index (χ0) is 41.4. The van der Waals surface area contributed by atoms with Crippen molar-refractivity contribution in [1.82, 2.24) is 44.1 Å². The van der Waals surface area contributed by atoms with Crippen molar-refractivity contribution in [2.45, 2.75) is 57.0 Å². The standard InChI is InChI=1S/C42H44F2N12O4/c1-23-46-31-16-25(44)15-28-30-7-5-9-36(48-30)47-26-18-34(41(58)52(3)21-27(59-4)22-54(23)37(28)31)55(20-26)38-29-19-45-56-32-11-10-24(43)17-35(32)60-14-13-51(2)40(57)33-8-6-12-53(33)42(49-38)50-39(29)56/h5,7,9-11,15-17,19,26-27,33-34H,6,8,12-14,18,20-22H2,1-4H3,(H,47,48)/t26-,27-,33-,34-/m0/s1. The predicted molar refractivity (Wildman–Crippen MR) is 219 cm³/mol. The number of likely N-dealkylation sites (N-methyl/N-ethyl adjacent to an activating group) is 2. The van der Waals surface area contributed by atoms with E-state index in [0.717, 1.165) is 11.9 Å². The third kappa shape index (κ3) is 6.40. The van der Waals surface area contributed by atoms with E-state index in [4.69, 9.17) is 34.5 Å². The minimum Gasteiger partial charge on any atom is -0.489 e. The number of aromatic nitrogens is 7. The maximum atomic E-state index is 15.2. The largest absolute Gasteiger partial charge is 0.489 e. The Balaban J connectivity index is 1.12. The molecule has 16 nitrogen and oxygen atoms in total. The lowest BCUT2D eigenvalue weighted by Crippen LogP contribution is -2.48. The summed E-state index contributed by atoms with van der Waals surface area (Å²) in [5.41, 5.74) is 3.28. The van der Waals surface area contributed by atoms with E-state index >= 15 is 4.39 Å². The van der Waals surface area contributed by atoms with Crippen LogP contribution in [0.15, 0.2) is 54.7 Å². The molecule has 2 aromatic carbocycles. The van der Waals surface area contributed by atoms with E-state index in [1.165, 1.54) is 24.3 Å². The Kier molecular flexibility index (Phi) is 9.26. The molecule has 4 aliphatic rings. The zero-order valence-electron chi connectivity index (χ0n) is 33.7. The van der Waals surface area contributed by atoms with E-state index in [9.17, 15) is 14.0 Å². The second-order valence-corrected chi connectivity index (χ2v) is 16.0. The Morgan fingerprint density at radius 2 is 1.73 bits per heavy atom. The molecular formula is C42H44F2N12O4. The van der Waals surface area contributed by atoms with Crippen LogP contribution in [0.2, 0.25) is 0 Å². The van der Waals surface area contributed by atoms with E-state index in [0.29, 0.717) is 89.4 Å². The average Bonchev–Trinajstić information content (AvgIpc) is 4.04. The molecule has 2 amide bonds. The first kappa shape index (κ1) is 37.8. The van der Waals surface area contributed by atoms with Gasteiger partial charge in [0, 0.05) is 64.6 Å². The lowest BCUT2D eigenvalue weighted by Gasteiger charge is -2.32. The number of carbonyl (C=O) groups is 2. The number of aryl methyl sites for hydroxylation is 1. The minimum atomic E-state index is -0.700. The first-order valence-corrected chi connectivity index (χ1v) is 20.2. The van der Waals surface area contributed by atoms with Gasteiger partial charge < -0.3 is 39.0 Å². The Morgan fingerprint density at radius 1 is 0.883 bits per heavy atom. The van der Waals surface area contributed by atoms with Gasteiger partial charge >= 0.3 is 0 Å². The fourth-order valence-corrected chi connectivity index (χ4v) is 9.22. The molecule has 4 aromatic heterocycles. The molecule has 0 radical (unpaired) electrons. The van der Waals surface area contributed by atoms with Gasteiger partial charge in [-0.25, -0.2) is 23.4 Å². The van der Waals surface area contributed by atoms with Crippen LogP contribution in [0.4, 0.5) is 26.4 Å². The number of imidazole rings is 1. The third-order valence-electron chi connectivity index (χ3n) is 12.2. The molecule has 6 bridgehead atoms. The summed E-state index contributed by atoms with van der Waals surface area (Å²) in [6, 6.07) is 11.2. The molecule has 8 heterocycles. The summed E-state index contributed by atoms with van der Waals surface area (Å²) in [4.78, 5) is 56.0. The van der Waals surface area contributed by atoms with Crippen molar-refractivity contribution in [1.29, 1.82) is 0 Å². The number of amides is 2. The molecule has 0 unspecified atom stereocenters. The number of ether oxygens (including phenoxy) is 2. The normalized spacial score (nSPS) is 22.2. The van der Waals surface area contributed by atoms with Crippen LogP contribution < -0.4 is 19.9 Å². The highest BCUT2D eigenvalue weighted by Gasteiger charge is 2.42. The van der Waals surface area contributed by atoms with Crippen molar-refractivity contribution in [3.05, 3.63) is 72.2 Å². The molecule has 4 atom stereocenters. The van der Waals surface area contributed by atoms with Crippen molar-refractivity contribution in [3.8, 4) is 22.7 Å². The number of nitrogens with zero attached hydrogens (tertiary/aromatic N) is 11. The molecule has 60 heavy (non-hydrogen) atoms. The van der Waals surface area contributed by atoms with Gasteiger partial charge in [-0.2, -0.15) is 15.1 Å². The fraction of sp³-hybridized carbons (Fsp3) is 0.405. The summed E-state index contributed by atoms with van der Waals surface area (Å²) in [5.74, 6) is 1.12. The number of benzene rings is 2. The molecule has 0 aliphatic carbocycles. The highest BCUT2D eigenvalue weighted by atomic mass is 19.1. The van der Waals surface area contributed by atoms with E-state index in [-0.39, 0.29) is 43.3 Å². The molecule has 10 rings (SSSR count). The van der Waals surface area contributed by atoms with Gasteiger partial charge in [-0.1, -0.05) is 6.07 Å². The first-order valence-electron chi connectivity index (χ1n) is 20.2. The fourth-order valence-electron chi connectivity index (χ4n) is 9.22. The summed E-state index contributed by atoms with van der Waals surface area (Å²) < 4.78 is 45.6. The molecule has 0 saturated carbocycles. The molecule has 1 N–H and O–H groups in total. The first-order chi connectivity index (χ1) is 29.0. The molecule has 18 heteroatoms. The van der Waals surface area contributed by atoms with Crippen LogP contribution in [-0.4, -0.2) is 134 Å². The Hall–Kier alpha value is -6.43. The van der Waals surface area contributed by atoms with E-state index in [1.807, 2.05) is 39.5 Å². The maximum absolute atomic E-state index is 15.2. The second-order valence-electron chi connectivity index (χ2n) is 16.0. The van der Waals surface area contributed by atoms with Crippen LogP contribution in [0.1, 0.15) is 25.1 Å². The molecule has 310 valence electrons. The minimum absolute atomic E-state index is 0.0961. The summed E-state index contributed by atoms with van der Waals surface area (Å²) in [5, 5.41) is 8.91. The van der Waals surface area contributed by atoms with Crippen LogP contribution in [0.5, 0.6) is 5.75 Å². The molecular weight excluding hydrogens is 775 g/mol. The number of nitrogens with one attached hydrogen (secondary N) is 1. The highest BCUT2D eigenvalue weighted by Crippen LogP contribution is 2.38. The topological polar surface area (TPSA) is 152 Å². The molecule has 6 aromatic rings. The average molecular weight is 819 g/mol. The summed E-state index contributed by atoms with van der Waals surface area (Å²) >= 11 is 0. The smallest absolute Gasteiger partial charge is 0.245 e. The molecule has 0 spiro atoms. The maximum Gasteiger partial charge on any atom is 0.245 e. The van der Waals surface area contributed by atoms with Gasteiger partial charge in [0.2, 0.25) is 17.8 Å². The van der Waals surface area contributed by atoms with Crippen LogP contribution in [-0.2, 0) is 20.9 Å². The van der Waals surface area contributed by atoms with Gasteiger partial charge in [0.15, 0.2) is 5.65 Å². The summed E-state index contributed by atoms with van der Waals surface area (Å²) in [6.45, 7) is 3.78. The Bertz CT molecular complexity index is 2690. The second kappa shape index (κ2) is 14.7. The van der Waals surface area contributed by atoms with Gasteiger partial charge in [-0.3, -0.25) is 9.59 Å². The van der Waals surface area contributed by atoms with E-state index in [1.54, 1.807) is 47.9 Å². The molecule has 2 saturated heterocycles. The number of rotatable bonds is 2. The van der Waals surface area contributed by atoms with Gasteiger partial charge in [-0.15, -0.1) is 0 Å². The number of hydrogen-bond donors (Lipinski definition) is 1. The number of anilines is 3. The van der Waals surface area contributed by atoms with E-state index in [2.05, 4.69) is 5.32 Å². The lowest BCUT2D eigenvalue weighted by molar-refractivity contribution is -0.133. The van der Waals surface area contributed by atoms with Gasteiger partial charge in [0.05, 0.1) is 47.5 Å². The molecule has 2 fully saturated rings. The van der Waals surface area contributed by atoms with Crippen LogP contribution >= 0.6 is 0 Å². The quantitative estimate of drug-likeness (QED) is 0.267. The highest BCUT2D eigenvalue weighted by molar-refractivity contribution is 5.95. The van der Waals surface area contributed by atoms with Crippen LogP contribution in [0.25, 0.3) is 39.0 Å². The Morgan fingerprint density at radius 3 is 2.58 bits per heavy atom. The lowest BCUT2D eigenvalue weighted by atomic mass is 10.1. The third-order valence-corrected chi connectivity index (χ3v) is 12.2. The number of halogens is 2. The van der Waals surface area contributed by atoms with Crippen LogP contribution in [0.3, 0.4) is 0 Å². The predicted octanol–water partition coefficient (Wildman–Crippen LogP) is 4.18. The van der Waals surface area contributed by atoms with Gasteiger partial charge in [0.1, 0.15) is 59.2 Å². The van der Waals surface area contributed by atoms with Gasteiger partial charge in [-0.05, 0) is 56.5 Å². The number of hydrogen-bond acceptors (Lipinski definition) is 12. The SMILES string of the molecule is CO[C@H]1CN(C)C(=O)[C@@H]2C[C@@H](CN2c2nc3nc4c2cnn4-c2ccc(F)cc2OCCN(C)C(=O)[C@@H]2CCCN32)Nc2cccc(n2)-c2cc(F)cc3nc(C)n(c23)C1. The van der Waals surface area contributed by atoms with Crippen molar-refractivity contribution in [2.75, 3.05) is 69.1 Å². The van der Waals surface area contributed by atoms with Crippen molar-refractivity contribution >= 4 is 51.5 Å². The summed E-state index contributed by atoms with van der Waals surface area (Å²) in [6.07, 6.45) is 2.97. The zero-order valence-corrected chi connectivity index (χ0v) is 33.7. The Labute approximate surface area is 343 Å². The number of carbonyl (C=O) groups excluding carboxylic acids is 2. The number of fused-ring (bicyclic) bond motifs is 10. The monoisotopic (exact) mass is 818 g/mol. The number of methoxy groups -OCH3 is 1. The van der Waals surface area contributed by atoms with Crippen molar-refractivity contribution in [2.24, 2.45) is 0 Å². The van der Waals surface area contributed by atoms with Crippen molar-refractivity contribution < 1.29 is 27.8 Å². The number of pyridine rings is 1. The summed E-state index contributed by atoms with van der Waals surface area (Å²) in [7, 11) is 5.11. The van der Waals surface area contributed by atoms with Crippen molar-refractivity contribution in [3.63, 3.8) is 0 Å². The van der Waals surface area contributed by atoms with E-state index < -0.39 is 29.8 Å². The molecule has 4 aliphatic heterocycles. The van der Waals surface area contributed by atoms with Crippen LogP contribution in [0, 0.1) is 18.6 Å². The van der Waals surface area contributed by atoms with Gasteiger partial charge in [0.25, 0.3) is 0 Å².